The first-order chi connectivity index (χ1) is 7.56. The number of allylic oxidation sites excluding steroid dienone is 9. The van der Waals surface area contributed by atoms with E-state index in [1.165, 1.54) is 5.57 Å². The third-order valence-electron chi connectivity index (χ3n) is 1.91. The van der Waals surface area contributed by atoms with Crippen molar-refractivity contribution in [2.24, 2.45) is 5.92 Å². The molecule has 1 N–H and O–H groups in total. The molecular formula is C15H22O. The smallest absolute Gasteiger partial charge is 0.0794 e. The Morgan fingerprint density at radius 3 is 2.06 bits per heavy atom. The molecule has 1 nitrogen and oxygen atoms in total. The summed E-state index contributed by atoms with van der Waals surface area (Å²) in [6.45, 7) is 8.31. The molecule has 0 amide bonds. The standard InChI is InChI=1S/C15H22O/c1-13(2)7-5-8-14(3)9-6-10-15(4)11-12-16/h5-13,16H,1-4H3/b7-5+,9-6+,12-11+,14-8+,15-10+. The molecule has 0 spiro atoms. The molecule has 0 aromatic heterocycles. The van der Waals surface area contributed by atoms with Gasteiger partial charge in [0.15, 0.2) is 0 Å². The first kappa shape index (κ1) is 14.5. The maximum Gasteiger partial charge on any atom is 0.0794 e. The van der Waals surface area contributed by atoms with Gasteiger partial charge in [-0.1, -0.05) is 55.9 Å². The molecule has 0 rings (SSSR count). The lowest BCUT2D eigenvalue weighted by Gasteiger charge is -1.91. The molecule has 0 atom stereocenters. The van der Waals surface area contributed by atoms with Crippen LogP contribution in [0.4, 0.5) is 0 Å². The summed E-state index contributed by atoms with van der Waals surface area (Å²) >= 11 is 0. The van der Waals surface area contributed by atoms with Crippen LogP contribution in [0.25, 0.3) is 0 Å². The fraction of sp³-hybridized carbons (Fsp3) is 0.333. The van der Waals surface area contributed by atoms with Crippen molar-refractivity contribution >= 4 is 0 Å². The number of rotatable bonds is 5. The van der Waals surface area contributed by atoms with Crippen molar-refractivity contribution in [3.05, 3.63) is 59.9 Å². The SMILES string of the molecule is CC(/C=C/O)=C\C=C\C(C)=C\C=C\C(C)C. The zero-order valence-corrected chi connectivity index (χ0v) is 10.6. The topological polar surface area (TPSA) is 20.2 Å². The van der Waals surface area contributed by atoms with Crippen LogP contribution < -0.4 is 0 Å². The first-order valence-electron chi connectivity index (χ1n) is 5.57. The summed E-state index contributed by atoms with van der Waals surface area (Å²) in [6, 6.07) is 0. The van der Waals surface area contributed by atoms with E-state index >= 15 is 0 Å². The Kier molecular flexibility index (Phi) is 7.96. The van der Waals surface area contributed by atoms with E-state index in [1.54, 1.807) is 6.08 Å². The second-order valence-corrected chi connectivity index (χ2v) is 4.13. The summed E-state index contributed by atoms with van der Waals surface area (Å²) in [5.41, 5.74) is 2.22. The van der Waals surface area contributed by atoms with Crippen LogP contribution in [0, 0.1) is 5.92 Å². The Bertz CT molecular complexity index is 325. The van der Waals surface area contributed by atoms with Gasteiger partial charge in [-0.2, -0.15) is 0 Å². The molecule has 0 aliphatic carbocycles. The predicted octanol–water partition coefficient (Wildman–Crippen LogP) is 4.72. The van der Waals surface area contributed by atoms with E-state index in [4.69, 9.17) is 5.11 Å². The van der Waals surface area contributed by atoms with Gasteiger partial charge < -0.3 is 5.11 Å². The third kappa shape index (κ3) is 9.07. The van der Waals surface area contributed by atoms with Gasteiger partial charge in [-0.25, -0.2) is 0 Å². The van der Waals surface area contributed by atoms with Crippen molar-refractivity contribution < 1.29 is 5.11 Å². The molecule has 88 valence electrons. The first-order valence-corrected chi connectivity index (χ1v) is 5.57. The molecule has 16 heavy (non-hydrogen) atoms. The highest BCUT2D eigenvalue weighted by atomic mass is 16.2. The maximum absolute atomic E-state index is 8.55. The van der Waals surface area contributed by atoms with Gasteiger partial charge >= 0.3 is 0 Å². The Hall–Kier alpha value is -1.50. The monoisotopic (exact) mass is 218 g/mol. The Labute approximate surface area is 99.2 Å². The number of aliphatic hydroxyl groups is 1. The Morgan fingerprint density at radius 1 is 0.938 bits per heavy atom. The van der Waals surface area contributed by atoms with E-state index < -0.39 is 0 Å². The Morgan fingerprint density at radius 2 is 1.50 bits per heavy atom. The van der Waals surface area contributed by atoms with Crippen molar-refractivity contribution in [3.63, 3.8) is 0 Å². The van der Waals surface area contributed by atoms with Crippen LogP contribution in [0.3, 0.4) is 0 Å². The lowest BCUT2D eigenvalue weighted by molar-refractivity contribution is 0.473. The van der Waals surface area contributed by atoms with Gasteiger partial charge in [-0.3, -0.25) is 0 Å². The number of hydrogen-bond donors (Lipinski definition) is 1. The van der Waals surface area contributed by atoms with Crippen LogP contribution in [0.15, 0.2) is 59.9 Å². The van der Waals surface area contributed by atoms with E-state index in [0.717, 1.165) is 11.8 Å². The second kappa shape index (κ2) is 8.78. The van der Waals surface area contributed by atoms with E-state index in [2.05, 4.69) is 39.0 Å². The predicted molar refractivity (Wildman–Crippen MR) is 72.4 cm³/mol. The fourth-order valence-electron chi connectivity index (χ4n) is 1.01. The van der Waals surface area contributed by atoms with Gasteiger partial charge in [0.2, 0.25) is 0 Å². The molecule has 0 aromatic carbocycles. The summed E-state index contributed by atoms with van der Waals surface area (Å²) in [5, 5.41) is 8.55. The summed E-state index contributed by atoms with van der Waals surface area (Å²) in [5.74, 6) is 0.588. The molecule has 0 aliphatic rings. The normalized spacial score (nSPS) is 15.1. The van der Waals surface area contributed by atoms with Gasteiger partial charge in [0, 0.05) is 0 Å². The molecule has 0 radical (unpaired) electrons. The highest BCUT2D eigenvalue weighted by Crippen LogP contribution is 2.00. The van der Waals surface area contributed by atoms with Crippen molar-refractivity contribution in [1.29, 1.82) is 0 Å². The number of hydrogen-bond acceptors (Lipinski definition) is 1. The van der Waals surface area contributed by atoms with Crippen molar-refractivity contribution in [1.82, 2.24) is 0 Å². The third-order valence-corrected chi connectivity index (χ3v) is 1.91. The molecule has 0 aliphatic heterocycles. The minimum Gasteiger partial charge on any atom is -0.516 e. The number of aliphatic hydroxyl groups excluding tert-OH is 1. The lowest BCUT2D eigenvalue weighted by atomic mass is 10.2. The average molecular weight is 218 g/mol. The summed E-state index contributed by atoms with van der Waals surface area (Å²) < 4.78 is 0. The maximum atomic E-state index is 8.55. The van der Waals surface area contributed by atoms with Crippen molar-refractivity contribution in [2.45, 2.75) is 27.7 Å². The van der Waals surface area contributed by atoms with Gasteiger partial charge in [0.05, 0.1) is 6.26 Å². The molecule has 0 heterocycles. The second-order valence-electron chi connectivity index (χ2n) is 4.13. The van der Waals surface area contributed by atoms with Crippen LogP contribution in [-0.2, 0) is 0 Å². The van der Waals surface area contributed by atoms with Gasteiger partial charge in [-0.05, 0) is 31.4 Å². The summed E-state index contributed by atoms with van der Waals surface area (Å²) in [6.07, 6.45) is 15.0. The van der Waals surface area contributed by atoms with Gasteiger partial charge in [-0.15, -0.1) is 0 Å². The van der Waals surface area contributed by atoms with E-state index in [-0.39, 0.29) is 0 Å². The van der Waals surface area contributed by atoms with Crippen molar-refractivity contribution in [3.8, 4) is 0 Å². The van der Waals surface area contributed by atoms with Crippen LogP contribution in [0.5, 0.6) is 0 Å². The fourth-order valence-corrected chi connectivity index (χ4v) is 1.01. The Balaban J connectivity index is 4.28. The lowest BCUT2D eigenvalue weighted by Crippen LogP contribution is -1.75. The molecule has 0 saturated heterocycles. The summed E-state index contributed by atoms with van der Waals surface area (Å²) in [7, 11) is 0. The average Bonchev–Trinajstić information content (AvgIpc) is 2.17. The van der Waals surface area contributed by atoms with Crippen LogP contribution >= 0.6 is 0 Å². The molecule has 0 aromatic rings. The molecule has 0 fully saturated rings. The van der Waals surface area contributed by atoms with Gasteiger partial charge in [0.1, 0.15) is 0 Å². The quantitative estimate of drug-likeness (QED) is 0.523. The molecule has 1 heteroatoms. The van der Waals surface area contributed by atoms with Crippen LogP contribution in [0.1, 0.15) is 27.7 Å². The minimum atomic E-state index is 0.588. The molecular weight excluding hydrogens is 196 g/mol. The molecule has 0 saturated carbocycles. The van der Waals surface area contributed by atoms with Crippen molar-refractivity contribution in [2.75, 3.05) is 0 Å². The van der Waals surface area contributed by atoms with Crippen LogP contribution in [-0.4, -0.2) is 5.11 Å². The van der Waals surface area contributed by atoms with E-state index in [1.807, 2.05) is 25.2 Å². The highest BCUT2D eigenvalue weighted by molar-refractivity contribution is 5.27. The van der Waals surface area contributed by atoms with Crippen LogP contribution in [0.2, 0.25) is 0 Å². The zero-order valence-electron chi connectivity index (χ0n) is 10.6. The minimum absolute atomic E-state index is 0.588. The zero-order chi connectivity index (χ0) is 12.4. The highest BCUT2D eigenvalue weighted by Gasteiger charge is 1.82. The van der Waals surface area contributed by atoms with E-state index in [9.17, 15) is 0 Å². The van der Waals surface area contributed by atoms with E-state index in [0.29, 0.717) is 5.92 Å². The largest absolute Gasteiger partial charge is 0.516 e. The molecule has 0 unspecified atom stereocenters. The summed E-state index contributed by atoms with van der Waals surface area (Å²) in [4.78, 5) is 0. The van der Waals surface area contributed by atoms with Gasteiger partial charge in [0.25, 0.3) is 0 Å². The molecule has 0 bridgehead atoms.